The molecule has 0 bridgehead atoms. The van der Waals surface area contributed by atoms with Gasteiger partial charge in [-0.2, -0.15) is 0 Å². The lowest BCUT2D eigenvalue weighted by Crippen LogP contribution is -2.42. The summed E-state index contributed by atoms with van der Waals surface area (Å²) in [4.78, 5) is 27.3. The van der Waals surface area contributed by atoms with E-state index in [2.05, 4.69) is 29.2 Å². The minimum Gasteiger partial charge on any atom is -0.480 e. The van der Waals surface area contributed by atoms with Crippen LogP contribution in [0.25, 0.3) is 0 Å². The zero-order valence-electron chi connectivity index (χ0n) is 12.7. The number of carbonyl (C=O) groups excluding carboxylic acids is 1. The number of nitrogens with zero attached hydrogens (tertiary/aromatic N) is 2. The molecule has 1 fully saturated rings. The molecular weight excluding hydrogens is 280 g/mol. The van der Waals surface area contributed by atoms with Gasteiger partial charge in [0.15, 0.2) is 0 Å². The van der Waals surface area contributed by atoms with Gasteiger partial charge in [-0.25, -0.2) is 4.79 Å². The third kappa shape index (κ3) is 3.14. The molecule has 1 saturated heterocycles. The van der Waals surface area contributed by atoms with Gasteiger partial charge in [-0.1, -0.05) is 24.3 Å². The summed E-state index contributed by atoms with van der Waals surface area (Å²) in [6, 6.07) is 7.81. The Balaban J connectivity index is 1.53. The Morgan fingerprint density at radius 1 is 1.18 bits per heavy atom. The molecule has 0 aliphatic carbocycles. The fraction of sp³-hybridized carbons (Fsp3) is 0.529. The molecule has 22 heavy (non-hydrogen) atoms. The second kappa shape index (κ2) is 6.48. The van der Waals surface area contributed by atoms with Crippen molar-refractivity contribution in [1.29, 1.82) is 0 Å². The van der Waals surface area contributed by atoms with Gasteiger partial charge in [0, 0.05) is 32.6 Å². The van der Waals surface area contributed by atoms with Crippen molar-refractivity contribution in [1.82, 2.24) is 9.80 Å². The highest BCUT2D eigenvalue weighted by molar-refractivity contribution is 5.84. The first-order valence-corrected chi connectivity index (χ1v) is 7.96. The maximum absolute atomic E-state index is 12.3. The summed E-state index contributed by atoms with van der Waals surface area (Å²) >= 11 is 0. The summed E-state index contributed by atoms with van der Waals surface area (Å²) < 4.78 is 0. The van der Waals surface area contributed by atoms with Crippen molar-refractivity contribution in [3.05, 3.63) is 35.4 Å². The lowest BCUT2D eigenvalue weighted by atomic mass is 10.00. The van der Waals surface area contributed by atoms with E-state index in [4.69, 9.17) is 5.11 Å². The molecule has 0 spiro atoms. The van der Waals surface area contributed by atoms with E-state index in [0.29, 0.717) is 25.9 Å². The van der Waals surface area contributed by atoms with Gasteiger partial charge in [0.1, 0.15) is 6.04 Å². The second-order valence-electron chi connectivity index (χ2n) is 6.13. The standard InChI is InChI=1S/C17H22N2O3/c20-16(19-9-3-6-15(19)17(21)22)8-11-18-10-7-13-4-1-2-5-14(13)12-18/h1-2,4-5,15H,3,6-12H2,(H,21,22). The number of carboxylic acid groups (broad SMARTS) is 1. The predicted octanol–water partition coefficient (Wildman–Crippen LogP) is 1.51. The molecule has 0 aromatic heterocycles. The van der Waals surface area contributed by atoms with Crippen molar-refractivity contribution >= 4 is 11.9 Å². The molecule has 5 heteroatoms. The highest BCUT2D eigenvalue weighted by Crippen LogP contribution is 2.21. The smallest absolute Gasteiger partial charge is 0.326 e. The summed E-state index contributed by atoms with van der Waals surface area (Å²) in [5, 5.41) is 9.15. The van der Waals surface area contributed by atoms with Crippen molar-refractivity contribution in [2.75, 3.05) is 19.6 Å². The first-order chi connectivity index (χ1) is 10.6. The van der Waals surface area contributed by atoms with Crippen LogP contribution in [0.3, 0.4) is 0 Å². The molecule has 5 nitrogen and oxygen atoms in total. The largest absolute Gasteiger partial charge is 0.480 e. The quantitative estimate of drug-likeness (QED) is 0.916. The van der Waals surface area contributed by atoms with Crippen LogP contribution in [0.5, 0.6) is 0 Å². The van der Waals surface area contributed by atoms with Crippen LogP contribution in [-0.4, -0.2) is 52.5 Å². The van der Waals surface area contributed by atoms with Crippen LogP contribution in [0, 0.1) is 0 Å². The van der Waals surface area contributed by atoms with Crippen LogP contribution in [0.1, 0.15) is 30.4 Å². The molecule has 1 unspecified atom stereocenters. The number of amides is 1. The number of rotatable bonds is 4. The van der Waals surface area contributed by atoms with Gasteiger partial charge in [0.2, 0.25) is 5.91 Å². The molecule has 2 heterocycles. The Morgan fingerprint density at radius 2 is 1.95 bits per heavy atom. The molecule has 1 aromatic rings. The van der Waals surface area contributed by atoms with Gasteiger partial charge in [0.25, 0.3) is 0 Å². The van der Waals surface area contributed by atoms with Crippen LogP contribution in [0.4, 0.5) is 0 Å². The molecule has 0 radical (unpaired) electrons. The number of carbonyl (C=O) groups is 2. The Labute approximate surface area is 130 Å². The first kappa shape index (κ1) is 15.0. The second-order valence-corrected chi connectivity index (χ2v) is 6.13. The minimum atomic E-state index is -0.877. The van der Waals surface area contributed by atoms with E-state index >= 15 is 0 Å². The SMILES string of the molecule is O=C(O)C1CCCN1C(=O)CCN1CCc2ccccc2C1. The summed E-state index contributed by atoms with van der Waals surface area (Å²) in [7, 11) is 0. The van der Waals surface area contributed by atoms with Crippen molar-refractivity contribution in [3.63, 3.8) is 0 Å². The van der Waals surface area contributed by atoms with E-state index in [-0.39, 0.29) is 5.91 Å². The molecule has 3 rings (SSSR count). The number of hydrogen-bond donors (Lipinski definition) is 1. The maximum Gasteiger partial charge on any atom is 0.326 e. The number of likely N-dealkylation sites (tertiary alicyclic amines) is 1. The zero-order chi connectivity index (χ0) is 15.5. The molecule has 1 N–H and O–H groups in total. The molecular formula is C17H22N2O3. The van der Waals surface area contributed by atoms with Gasteiger partial charge in [0.05, 0.1) is 0 Å². The Kier molecular flexibility index (Phi) is 4.43. The molecule has 1 amide bonds. The van der Waals surface area contributed by atoms with Gasteiger partial charge in [-0.05, 0) is 30.4 Å². The Hall–Kier alpha value is -1.88. The van der Waals surface area contributed by atoms with Crippen molar-refractivity contribution in [2.45, 2.75) is 38.3 Å². The monoisotopic (exact) mass is 302 g/mol. The molecule has 1 atom stereocenters. The highest BCUT2D eigenvalue weighted by atomic mass is 16.4. The lowest BCUT2D eigenvalue weighted by molar-refractivity contribution is -0.148. The zero-order valence-corrected chi connectivity index (χ0v) is 12.7. The number of benzene rings is 1. The summed E-state index contributed by atoms with van der Waals surface area (Å²) in [6.07, 6.45) is 2.80. The van der Waals surface area contributed by atoms with E-state index in [1.807, 2.05) is 0 Å². The van der Waals surface area contributed by atoms with E-state index in [9.17, 15) is 9.59 Å². The Morgan fingerprint density at radius 3 is 2.73 bits per heavy atom. The fourth-order valence-electron chi connectivity index (χ4n) is 3.46. The van der Waals surface area contributed by atoms with Crippen molar-refractivity contribution in [3.8, 4) is 0 Å². The Bertz CT molecular complexity index is 573. The molecule has 1 aromatic carbocycles. The average Bonchev–Trinajstić information content (AvgIpc) is 3.02. The molecule has 2 aliphatic rings. The minimum absolute atomic E-state index is 0.0243. The van der Waals surface area contributed by atoms with Crippen LogP contribution in [0.2, 0.25) is 0 Å². The van der Waals surface area contributed by atoms with Crippen molar-refractivity contribution in [2.24, 2.45) is 0 Å². The van der Waals surface area contributed by atoms with Crippen LogP contribution in [-0.2, 0) is 22.6 Å². The van der Waals surface area contributed by atoms with Gasteiger partial charge in [-0.15, -0.1) is 0 Å². The average molecular weight is 302 g/mol. The normalized spacial score (nSPS) is 21.6. The first-order valence-electron chi connectivity index (χ1n) is 7.96. The third-order valence-corrected chi connectivity index (χ3v) is 4.71. The van der Waals surface area contributed by atoms with Crippen LogP contribution in [0.15, 0.2) is 24.3 Å². The van der Waals surface area contributed by atoms with E-state index in [0.717, 1.165) is 25.9 Å². The van der Waals surface area contributed by atoms with E-state index in [1.165, 1.54) is 11.1 Å². The summed E-state index contributed by atoms with van der Waals surface area (Å²) in [6.45, 7) is 3.13. The summed E-state index contributed by atoms with van der Waals surface area (Å²) in [5.41, 5.74) is 2.74. The van der Waals surface area contributed by atoms with Crippen LogP contribution >= 0.6 is 0 Å². The molecule has 0 saturated carbocycles. The van der Waals surface area contributed by atoms with Crippen LogP contribution < -0.4 is 0 Å². The van der Waals surface area contributed by atoms with Gasteiger partial charge in [-0.3, -0.25) is 9.69 Å². The number of aliphatic carboxylic acids is 1. The van der Waals surface area contributed by atoms with E-state index < -0.39 is 12.0 Å². The van der Waals surface area contributed by atoms with Gasteiger partial charge < -0.3 is 10.0 Å². The number of hydrogen-bond acceptors (Lipinski definition) is 3. The highest BCUT2D eigenvalue weighted by Gasteiger charge is 2.33. The lowest BCUT2D eigenvalue weighted by Gasteiger charge is -2.29. The molecule has 118 valence electrons. The van der Waals surface area contributed by atoms with E-state index in [1.54, 1.807) is 4.90 Å². The van der Waals surface area contributed by atoms with Gasteiger partial charge >= 0.3 is 5.97 Å². The number of carboxylic acids is 1. The fourth-order valence-corrected chi connectivity index (χ4v) is 3.46. The summed E-state index contributed by atoms with van der Waals surface area (Å²) in [5.74, 6) is -0.901. The topological polar surface area (TPSA) is 60.9 Å². The third-order valence-electron chi connectivity index (χ3n) is 4.71. The van der Waals surface area contributed by atoms with Crippen molar-refractivity contribution < 1.29 is 14.7 Å². The molecule has 2 aliphatic heterocycles. The number of fused-ring (bicyclic) bond motifs is 1. The predicted molar refractivity (Wildman–Crippen MR) is 82.4 cm³/mol. The maximum atomic E-state index is 12.3.